The van der Waals surface area contributed by atoms with Crippen molar-refractivity contribution in [2.75, 3.05) is 18.2 Å². The van der Waals surface area contributed by atoms with E-state index in [2.05, 4.69) is 20.3 Å². The van der Waals surface area contributed by atoms with Crippen molar-refractivity contribution in [3.05, 3.63) is 42.5 Å². The maximum atomic E-state index is 12.6. The minimum absolute atomic E-state index is 0.140. The normalized spacial score (nSPS) is 11.8. The molecule has 0 bridgehead atoms. The standard InChI is InChI=1S/C19H19N3O4S2/c1-3-14(26-15-10-6-8-12-7-4-5-9-13(12)15)17(24)20-18-21-22-19(28-18)27-11-16(23)25-2/h4-10,14H,3,11H2,1-2H3,(H,20,21,24)/t14-/m1/s1. The molecule has 0 saturated carbocycles. The molecule has 28 heavy (non-hydrogen) atoms. The number of rotatable bonds is 8. The monoisotopic (exact) mass is 417 g/mol. The van der Waals surface area contributed by atoms with Crippen molar-refractivity contribution in [1.29, 1.82) is 0 Å². The van der Waals surface area contributed by atoms with E-state index in [4.69, 9.17) is 4.74 Å². The molecule has 146 valence electrons. The fourth-order valence-electron chi connectivity index (χ4n) is 2.46. The van der Waals surface area contributed by atoms with Crippen molar-refractivity contribution in [3.8, 4) is 5.75 Å². The van der Waals surface area contributed by atoms with Crippen LogP contribution in [0.2, 0.25) is 0 Å². The number of benzene rings is 2. The van der Waals surface area contributed by atoms with Crippen molar-refractivity contribution >= 4 is 50.9 Å². The number of fused-ring (bicyclic) bond motifs is 1. The highest BCUT2D eigenvalue weighted by Crippen LogP contribution is 2.28. The molecule has 0 aliphatic carbocycles. The first-order chi connectivity index (χ1) is 13.6. The lowest BCUT2D eigenvalue weighted by Gasteiger charge is -2.17. The smallest absolute Gasteiger partial charge is 0.316 e. The summed E-state index contributed by atoms with van der Waals surface area (Å²) >= 11 is 2.40. The number of anilines is 1. The number of thioether (sulfide) groups is 1. The maximum Gasteiger partial charge on any atom is 0.316 e. The molecule has 1 atom stereocenters. The zero-order valence-electron chi connectivity index (χ0n) is 15.4. The molecule has 0 saturated heterocycles. The predicted octanol–water partition coefficient (Wildman–Crippen LogP) is 3.75. The van der Waals surface area contributed by atoms with Gasteiger partial charge in [-0.05, 0) is 17.9 Å². The zero-order chi connectivity index (χ0) is 19.9. The third-order valence-corrected chi connectivity index (χ3v) is 5.81. The average molecular weight is 418 g/mol. The van der Waals surface area contributed by atoms with Crippen LogP contribution in [0.4, 0.5) is 5.13 Å². The first kappa shape index (κ1) is 20.1. The lowest BCUT2D eigenvalue weighted by Crippen LogP contribution is -2.32. The third-order valence-electron chi connectivity index (χ3n) is 3.86. The number of carbonyl (C=O) groups is 2. The summed E-state index contributed by atoms with van der Waals surface area (Å²) in [6.45, 7) is 1.88. The summed E-state index contributed by atoms with van der Waals surface area (Å²) in [5, 5.41) is 13.0. The van der Waals surface area contributed by atoms with Crippen LogP contribution in [-0.4, -0.2) is 41.0 Å². The molecule has 0 spiro atoms. The van der Waals surface area contributed by atoms with E-state index < -0.39 is 6.10 Å². The molecule has 1 amide bonds. The second-order valence-corrected chi connectivity index (χ2v) is 7.92. The number of methoxy groups -OCH3 is 1. The first-order valence-electron chi connectivity index (χ1n) is 8.59. The van der Waals surface area contributed by atoms with Gasteiger partial charge in [-0.15, -0.1) is 10.2 Å². The minimum Gasteiger partial charge on any atom is -0.480 e. The summed E-state index contributed by atoms with van der Waals surface area (Å²) in [7, 11) is 1.33. The molecule has 0 radical (unpaired) electrons. The Morgan fingerprint density at radius 3 is 2.75 bits per heavy atom. The Bertz CT molecular complexity index is 971. The molecule has 3 aromatic rings. The van der Waals surface area contributed by atoms with Crippen LogP contribution in [0, 0.1) is 0 Å². The summed E-state index contributed by atoms with van der Waals surface area (Å²) in [5.74, 6) is 0.157. The number of esters is 1. The number of carbonyl (C=O) groups excluding carboxylic acids is 2. The van der Waals surface area contributed by atoms with Gasteiger partial charge in [-0.3, -0.25) is 14.9 Å². The van der Waals surface area contributed by atoms with Crippen LogP contribution in [0.15, 0.2) is 46.8 Å². The summed E-state index contributed by atoms with van der Waals surface area (Å²) in [5.41, 5.74) is 0. The van der Waals surface area contributed by atoms with Gasteiger partial charge in [0.1, 0.15) is 5.75 Å². The van der Waals surface area contributed by atoms with Gasteiger partial charge >= 0.3 is 5.97 Å². The Balaban J connectivity index is 1.65. The summed E-state index contributed by atoms with van der Waals surface area (Å²) < 4.78 is 11.1. The lowest BCUT2D eigenvalue weighted by molar-refractivity contribution is -0.137. The summed E-state index contributed by atoms with van der Waals surface area (Å²) in [6, 6.07) is 13.6. The van der Waals surface area contributed by atoms with Crippen molar-refractivity contribution in [2.45, 2.75) is 23.8 Å². The Morgan fingerprint density at radius 1 is 1.18 bits per heavy atom. The summed E-state index contributed by atoms with van der Waals surface area (Å²) in [4.78, 5) is 23.8. The second kappa shape index (κ2) is 9.52. The van der Waals surface area contributed by atoms with Crippen LogP contribution in [0.1, 0.15) is 13.3 Å². The van der Waals surface area contributed by atoms with E-state index >= 15 is 0 Å². The number of amides is 1. The van der Waals surface area contributed by atoms with Gasteiger partial charge in [0.05, 0.1) is 12.9 Å². The van der Waals surface area contributed by atoms with Crippen molar-refractivity contribution in [1.82, 2.24) is 10.2 Å². The highest BCUT2D eigenvalue weighted by atomic mass is 32.2. The SMILES string of the molecule is CC[C@@H](Oc1cccc2ccccc12)C(=O)Nc1nnc(SCC(=O)OC)s1. The number of aromatic nitrogens is 2. The number of nitrogens with zero attached hydrogens (tertiary/aromatic N) is 2. The largest absolute Gasteiger partial charge is 0.480 e. The molecule has 3 rings (SSSR count). The average Bonchev–Trinajstić information content (AvgIpc) is 3.17. The van der Waals surface area contributed by atoms with Gasteiger partial charge in [-0.1, -0.05) is 66.4 Å². The van der Waals surface area contributed by atoms with Crippen LogP contribution in [0.3, 0.4) is 0 Å². The molecule has 0 unspecified atom stereocenters. The predicted molar refractivity (Wildman–Crippen MR) is 110 cm³/mol. The van der Waals surface area contributed by atoms with Crippen molar-refractivity contribution < 1.29 is 19.1 Å². The Kier molecular flexibility index (Phi) is 6.83. The first-order valence-corrected chi connectivity index (χ1v) is 10.4. The van der Waals surface area contributed by atoms with E-state index in [9.17, 15) is 9.59 Å². The fourth-order valence-corrected chi connectivity index (χ4v) is 4.05. The quantitative estimate of drug-likeness (QED) is 0.339. The van der Waals surface area contributed by atoms with Gasteiger partial charge in [0, 0.05) is 5.39 Å². The topological polar surface area (TPSA) is 90.4 Å². The molecule has 0 aliphatic rings. The Hall–Kier alpha value is -2.65. The van der Waals surface area contributed by atoms with Gasteiger partial charge < -0.3 is 9.47 Å². The van der Waals surface area contributed by atoms with Crippen LogP contribution in [0.25, 0.3) is 10.8 Å². The van der Waals surface area contributed by atoms with E-state index in [0.29, 0.717) is 21.6 Å². The van der Waals surface area contributed by atoms with Gasteiger partial charge in [-0.25, -0.2) is 0 Å². The highest BCUT2D eigenvalue weighted by molar-refractivity contribution is 8.01. The number of ether oxygens (including phenoxy) is 2. The van der Waals surface area contributed by atoms with Gasteiger partial charge in [0.15, 0.2) is 10.4 Å². The van der Waals surface area contributed by atoms with Crippen molar-refractivity contribution in [3.63, 3.8) is 0 Å². The fraction of sp³-hybridized carbons (Fsp3) is 0.263. The van der Waals surface area contributed by atoms with Crippen LogP contribution >= 0.6 is 23.1 Å². The van der Waals surface area contributed by atoms with E-state index in [0.717, 1.165) is 10.8 Å². The second-order valence-electron chi connectivity index (χ2n) is 5.72. The maximum absolute atomic E-state index is 12.6. The van der Waals surface area contributed by atoms with Crippen LogP contribution in [-0.2, 0) is 14.3 Å². The zero-order valence-corrected chi connectivity index (χ0v) is 17.0. The third kappa shape index (κ3) is 4.99. The van der Waals surface area contributed by atoms with Crippen molar-refractivity contribution in [2.24, 2.45) is 0 Å². The minimum atomic E-state index is -0.666. The molecular formula is C19H19N3O4S2. The van der Waals surface area contributed by atoms with E-state index in [1.54, 1.807) is 0 Å². The Morgan fingerprint density at radius 2 is 1.96 bits per heavy atom. The molecule has 1 aromatic heterocycles. The van der Waals surface area contributed by atoms with Crippen LogP contribution in [0.5, 0.6) is 5.75 Å². The molecule has 7 nitrogen and oxygen atoms in total. The Labute approximate surface area is 170 Å². The van der Waals surface area contributed by atoms with Crippen LogP contribution < -0.4 is 10.1 Å². The number of hydrogen-bond acceptors (Lipinski definition) is 8. The van der Waals surface area contributed by atoms with E-state index in [-0.39, 0.29) is 17.6 Å². The van der Waals surface area contributed by atoms with Gasteiger partial charge in [0.2, 0.25) is 5.13 Å². The number of nitrogens with one attached hydrogen (secondary N) is 1. The molecule has 2 aromatic carbocycles. The molecule has 1 heterocycles. The molecule has 0 fully saturated rings. The van der Waals surface area contributed by atoms with E-state index in [1.165, 1.54) is 30.2 Å². The summed E-state index contributed by atoms with van der Waals surface area (Å²) in [6.07, 6.45) is -0.168. The molecule has 0 aliphatic heterocycles. The molecular weight excluding hydrogens is 398 g/mol. The molecule has 1 N–H and O–H groups in total. The highest BCUT2D eigenvalue weighted by Gasteiger charge is 2.21. The number of hydrogen-bond donors (Lipinski definition) is 1. The van der Waals surface area contributed by atoms with Gasteiger partial charge in [0.25, 0.3) is 5.91 Å². The molecule has 9 heteroatoms. The lowest BCUT2D eigenvalue weighted by atomic mass is 10.1. The van der Waals surface area contributed by atoms with E-state index in [1.807, 2.05) is 49.4 Å². The van der Waals surface area contributed by atoms with Gasteiger partial charge in [-0.2, -0.15) is 0 Å².